The van der Waals surface area contributed by atoms with Crippen LogP contribution >= 0.6 is 46.4 Å². The van der Waals surface area contributed by atoms with Crippen molar-refractivity contribution in [2.45, 2.75) is 79.6 Å². The number of thiazole rings is 3. The van der Waals surface area contributed by atoms with Crippen LogP contribution in [0.3, 0.4) is 0 Å². The van der Waals surface area contributed by atoms with Crippen LogP contribution in [0.25, 0.3) is 27.9 Å². The first-order valence-electron chi connectivity index (χ1n) is 47.0. The van der Waals surface area contributed by atoms with Gasteiger partial charge in [-0.05, 0) is 215 Å². The van der Waals surface area contributed by atoms with Gasteiger partial charge >= 0.3 is 0 Å². The highest BCUT2D eigenvalue weighted by Crippen LogP contribution is 2.45. The van der Waals surface area contributed by atoms with Crippen molar-refractivity contribution < 1.29 is 71.9 Å². The smallest absolute Gasteiger partial charge is 0.281 e. The number of carbonyl (C=O) groups excluding carboxylic acids is 5. The van der Waals surface area contributed by atoms with Crippen LogP contribution in [0, 0.1) is 65.2 Å². The molecule has 5 amide bonds. The maximum atomic E-state index is 13.9. The van der Waals surface area contributed by atoms with Crippen LogP contribution < -0.4 is 46.2 Å². The molecular formula is C105H100ClF9N24O7S4. The van der Waals surface area contributed by atoms with E-state index in [1.807, 2.05) is 72.6 Å². The summed E-state index contributed by atoms with van der Waals surface area (Å²) in [6, 6.07) is 33.6. The van der Waals surface area contributed by atoms with Crippen LogP contribution in [0.1, 0.15) is 158 Å². The number of amides is 5. The Morgan fingerprint density at radius 1 is 0.400 bits per heavy atom. The Labute approximate surface area is 875 Å². The number of nitrogens with one attached hydrogen (secondary N) is 5. The van der Waals surface area contributed by atoms with Gasteiger partial charge in [-0.1, -0.05) is 87.6 Å². The number of benzene rings is 7. The summed E-state index contributed by atoms with van der Waals surface area (Å²) < 4.78 is 151. The Hall–Kier alpha value is -15.5. The minimum Gasteiger partial charge on any atom is -0.343 e. The predicted octanol–water partition coefficient (Wildman–Crippen LogP) is 20.4. The number of halogens is 10. The van der Waals surface area contributed by atoms with Gasteiger partial charge in [0.25, 0.3) is 45.7 Å². The van der Waals surface area contributed by atoms with E-state index >= 15 is 0 Å². The third-order valence-electron chi connectivity index (χ3n) is 25.2. The van der Waals surface area contributed by atoms with Crippen molar-refractivity contribution in [3.63, 3.8) is 0 Å². The molecule has 0 unspecified atom stereocenters. The highest BCUT2D eigenvalue weighted by atomic mass is 35.5. The van der Waals surface area contributed by atoms with E-state index in [1.165, 1.54) is 119 Å². The van der Waals surface area contributed by atoms with Crippen molar-refractivity contribution in [1.29, 1.82) is 0 Å². The van der Waals surface area contributed by atoms with E-state index in [1.54, 1.807) is 83.9 Å². The average molecular weight is 2140 g/mol. The topological polar surface area (TPSA) is 359 Å². The zero-order chi connectivity index (χ0) is 105. The maximum Gasteiger partial charge on any atom is 0.281 e. The van der Waals surface area contributed by atoms with Gasteiger partial charge in [-0.25, -0.2) is 69.4 Å². The molecule has 0 radical (unpaired) electrons. The summed E-state index contributed by atoms with van der Waals surface area (Å²) in [5, 5.41) is 33.9. The van der Waals surface area contributed by atoms with Crippen molar-refractivity contribution in [3.05, 3.63) is 353 Å². The van der Waals surface area contributed by atoms with Crippen molar-refractivity contribution in [2.24, 2.45) is 13.0 Å². The van der Waals surface area contributed by atoms with Crippen LogP contribution in [-0.2, 0) is 17.3 Å². The normalized spacial score (nSPS) is 14.9. The Morgan fingerprint density at radius 3 is 1.22 bits per heavy atom. The molecule has 5 N–H and O–H groups in total. The number of aromatic nitrogens is 13. The van der Waals surface area contributed by atoms with Crippen LogP contribution in [0.4, 0.5) is 89.7 Å². The summed E-state index contributed by atoms with van der Waals surface area (Å²) in [7, 11) is 1.11. The number of hydrogen-bond donors (Lipinski definition) is 5. The molecule has 1 fully saturated rings. The van der Waals surface area contributed by atoms with E-state index in [0.717, 1.165) is 178 Å². The van der Waals surface area contributed by atoms with E-state index < -0.39 is 109 Å². The Morgan fingerprint density at radius 2 is 0.800 bits per heavy atom. The van der Waals surface area contributed by atoms with Gasteiger partial charge in [0.15, 0.2) is 32.8 Å². The largest absolute Gasteiger partial charge is 0.343 e. The molecule has 0 bridgehead atoms. The van der Waals surface area contributed by atoms with Gasteiger partial charge in [0.2, 0.25) is 0 Å². The Bertz CT molecular complexity index is 7520. The van der Waals surface area contributed by atoms with Crippen LogP contribution in [0.5, 0.6) is 0 Å². The standard InChI is InChI=1S/C23H22F2N6O.C22H20FN3OS.C21H19F2N5OS.C20H17F2N5OS.C19H21F2N5O3S.ClH/c1-30-28-23(27-29-30)31-12-11-17(14-5-6-14)18(13-31)15-7-9-16(10-8-15)26-22(32)21-19(24)3-2-4-20(21)25;1-15-10-12-26(22-24-11-13-28-22)14-19(15)16-6-8-17(9-7-16)25-21(27)18-4-2-3-5-20(18)23;1-12-6-7-28(21-26-13(2)11-30-21)10-14(12)17-8-25-18(9-24-17)27-20(29)19-15(22)4-3-5-16(19)23;1-12-4-6-27(20-23-5-7-29-20)11-15(12)17-9-25-18(10-24-17)26-19(28)14-3-2-13(21)8-16(14)22;1-12-7-8-26(30(28,29)25(2)3)11-13(12)16-9-23-17(10-22-16)24-19(27)18-14(20)5-4-6-15(18)21;/h2-4,7-10,14H,5-6,11-13H2,1H3,(H,26,32);2-9,11,13H,10,12,14H2,1H3,(H,25,27);3-5,8-9,11H,6-7,10H2,1-2H3,(H,25,27,29);2-3,5,7-10H,4,6,11H2,1H3,(H,25,26,28);4-6,9-10H,7-8,11H2,1-3H3,(H,23,24,27);1H. The lowest BCUT2D eigenvalue weighted by atomic mass is 9.91. The fourth-order valence-electron chi connectivity index (χ4n) is 16.9. The summed E-state index contributed by atoms with van der Waals surface area (Å²) in [4.78, 5) is 110. The second-order valence-electron chi connectivity index (χ2n) is 35.5. The summed E-state index contributed by atoms with van der Waals surface area (Å²) in [5.74, 6) is -10.1. The van der Waals surface area contributed by atoms with E-state index in [2.05, 4.69) is 127 Å². The molecule has 7 aromatic carbocycles. The number of hydrogen-bond acceptors (Lipinski definition) is 26. The molecule has 6 aliphatic rings. The minimum absolute atomic E-state index is 0. The van der Waals surface area contributed by atoms with Gasteiger partial charge in [-0.15, -0.1) is 51.5 Å². The lowest BCUT2D eigenvalue weighted by Crippen LogP contribution is -2.43. The van der Waals surface area contributed by atoms with Gasteiger partial charge in [0.1, 0.15) is 69.0 Å². The van der Waals surface area contributed by atoms with Gasteiger partial charge in [-0.2, -0.15) is 21.8 Å². The minimum atomic E-state index is -3.57. The molecular weight excluding hydrogens is 2040 g/mol. The summed E-state index contributed by atoms with van der Waals surface area (Å²) in [5.41, 5.74) is 15.6. The summed E-state index contributed by atoms with van der Waals surface area (Å²) in [6.45, 7) is 17.1. The van der Waals surface area contributed by atoms with Crippen molar-refractivity contribution in [3.8, 4) is 0 Å². The molecule has 45 heteroatoms. The van der Waals surface area contributed by atoms with Crippen molar-refractivity contribution in [1.82, 2.24) is 73.7 Å². The second kappa shape index (κ2) is 49.1. The number of rotatable bonds is 22. The number of carbonyl (C=O) groups is 5. The SMILES string of the molecule is CC1=C(c2ccc(NC(=O)c3ccccc3F)cc2)CN(c2nccs2)CC1.CC1=C(c2cnc(NC(=O)c3c(F)cccc3F)cn2)CN(S(=O)(=O)N(C)C)CC1.CC1=C(c2cnc(NC(=O)c3c(F)cccc3F)cn2)CN(c2nc(C)cs2)CC1.CC1=C(c2cnc(NC(=O)c3ccc(F)cc3F)cn2)CN(c2nccs2)CC1.Cl.Cn1nnc(N2CCC(C3CC3)=C(c3ccc(NC(=O)c4c(F)cccc4F)cc3)C2)n1. The number of anilines is 9. The first kappa shape index (κ1) is 109. The number of aryl methyl sites for hydroxylation is 2. The molecule has 150 heavy (non-hydrogen) atoms. The van der Waals surface area contributed by atoms with Crippen molar-refractivity contribution in [2.75, 3.05) is 126 Å². The average Bonchev–Trinajstić information content (AvgIpc) is 1.55. The molecule has 20 rings (SSSR count). The first-order chi connectivity index (χ1) is 71.6. The fourth-order valence-corrected chi connectivity index (χ4v) is 20.1. The Kier molecular flexibility index (Phi) is 35.6. The van der Waals surface area contributed by atoms with Crippen molar-refractivity contribution >= 4 is 164 Å². The summed E-state index contributed by atoms with van der Waals surface area (Å²) >= 11 is 4.85. The number of nitrogens with zero attached hydrogens (tertiary/aromatic N) is 19. The zero-order valence-corrected chi connectivity index (χ0v) is 86.2. The molecule has 12 heterocycles. The predicted molar refractivity (Wildman–Crippen MR) is 564 cm³/mol. The molecule has 5 aliphatic heterocycles. The quantitative estimate of drug-likeness (QED) is 0.0393. The van der Waals surface area contributed by atoms with Crippen LogP contribution in [0.15, 0.2) is 239 Å². The molecule has 776 valence electrons. The monoisotopic (exact) mass is 2140 g/mol. The first-order valence-corrected chi connectivity index (χ1v) is 51.0. The molecule has 14 aromatic rings. The molecule has 1 aliphatic carbocycles. The molecule has 7 aromatic heterocycles. The van der Waals surface area contributed by atoms with Crippen LogP contribution in [0.2, 0.25) is 0 Å². The van der Waals surface area contributed by atoms with E-state index in [4.69, 9.17) is 0 Å². The maximum absolute atomic E-state index is 13.9. The molecule has 0 atom stereocenters. The number of tetrazole rings is 1. The van der Waals surface area contributed by atoms with Gasteiger partial charge in [-0.3, -0.25) is 38.9 Å². The third-order valence-corrected chi connectivity index (χ3v) is 29.8. The fraction of sp³-hybridized carbons (Fsp3) is 0.248. The lowest BCUT2D eigenvalue weighted by molar-refractivity contribution is 0.101. The zero-order valence-electron chi connectivity index (χ0n) is 82.1. The van der Waals surface area contributed by atoms with Gasteiger partial charge < -0.3 is 46.2 Å². The molecule has 0 saturated heterocycles. The van der Waals surface area contributed by atoms with E-state index in [-0.39, 0.29) is 47.5 Å². The molecule has 31 nitrogen and oxygen atoms in total. The van der Waals surface area contributed by atoms with E-state index in [9.17, 15) is 71.9 Å². The highest BCUT2D eigenvalue weighted by molar-refractivity contribution is 7.86. The molecule has 0 spiro atoms. The molecule has 1 saturated carbocycles. The highest BCUT2D eigenvalue weighted by Gasteiger charge is 2.36. The lowest BCUT2D eigenvalue weighted by Gasteiger charge is -2.30. The second-order valence-corrected chi connectivity index (χ2v) is 40.3. The van der Waals surface area contributed by atoms with E-state index in [0.29, 0.717) is 73.3 Å². The summed E-state index contributed by atoms with van der Waals surface area (Å²) in [6.07, 6.45) is 18.9. The van der Waals surface area contributed by atoms with Crippen LogP contribution in [-0.4, -0.2) is 191 Å². The van der Waals surface area contributed by atoms with Gasteiger partial charge in [0, 0.05) is 126 Å². The Balaban J connectivity index is 0.000000140. The van der Waals surface area contributed by atoms with Gasteiger partial charge in [0.05, 0.1) is 78.1 Å². The third kappa shape index (κ3) is 26.8.